The van der Waals surface area contributed by atoms with Gasteiger partial charge in [0.2, 0.25) is 5.65 Å². The Labute approximate surface area is 194 Å². The largest absolute Gasteiger partial charge is 0.493 e. The number of hydrogen-bond donors (Lipinski definition) is 0. The number of hydrogen-bond acceptors (Lipinski definition) is 7. The number of ether oxygens (including phenoxy) is 3. The number of para-hydroxylation sites is 2. The fourth-order valence-electron chi connectivity index (χ4n) is 3.83. The van der Waals surface area contributed by atoms with Crippen LogP contribution in [0.25, 0.3) is 33.2 Å². The molecule has 0 aliphatic heterocycles. The minimum Gasteiger partial charge on any atom is -0.493 e. The number of aromatic nitrogens is 5. The molecule has 10 nitrogen and oxygen atoms in total. The SMILES string of the molecule is COCCn1c[nH+]c2c(c1=O)c1nc3ccccc3nc1n2/N=C/c1ccc(OC)c(OC)c1. The van der Waals surface area contributed by atoms with Gasteiger partial charge in [0.25, 0.3) is 5.65 Å². The van der Waals surface area contributed by atoms with Crippen LogP contribution in [0.5, 0.6) is 11.5 Å². The number of methoxy groups -OCH3 is 3. The molecular weight excluding hydrogens is 436 g/mol. The van der Waals surface area contributed by atoms with Gasteiger partial charge in [0.05, 0.1) is 44.6 Å². The molecule has 0 amide bonds. The van der Waals surface area contributed by atoms with Crippen LogP contribution >= 0.6 is 0 Å². The van der Waals surface area contributed by atoms with Crippen molar-refractivity contribution in [3.63, 3.8) is 0 Å². The Kier molecular flexibility index (Phi) is 5.64. The van der Waals surface area contributed by atoms with Crippen molar-refractivity contribution in [3.8, 4) is 11.5 Å². The summed E-state index contributed by atoms with van der Waals surface area (Å²) < 4.78 is 19.0. The normalized spacial score (nSPS) is 11.7. The molecule has 0 aliphatic carbocycles. The lowest BCUT2D eigenvalue weighted by molar-refractivity contribution is -0.357. The summed E-state index contributed by atoms with van der Waals surface area (Å²) in [6.45, 7) is 0.814. The maximum atomic E-state index is 13.4. The molecule has 0 atom stereocenters. The van der Waals surface area contributed by atoms with Crippen LogP contribution < -0.4 is 20.0 Å². The molecular formula is C24H23N6O4+. The molecule has 0 spiro atoms. The second-order valence-electron chi connectivity index (χ2n) is 7.54. The number of rotatable bonds is 7. The summed E-state index contributed by atoms with van der Waals surface area (Å²) in [5, 5.41) is 5.07. The van der Waals surface area contributed by atoms with Crippen molar-refractivity contribution >= 4 is 39.4 Å². The molecule has 0 radical (unpaired) electrons. The van der Waals surface area contributed by atoms with Gasteiger partial charge in [-0.2, -0.15) is 0 Å². The summed E-state index contributed by atoms with van der Waals surface area (Å²) in [5.41, 5.74) is 3.45. The van der Waals surface area contributed by atoms with Crippen LogP contribution in [0, 0.1) is 0 Å². The smallest absolute Gasteiger partial charge is 0.322 e. The fourth-order valence-corrected chi connectivity index (χ4v) is 3.83. The van der Waals surface area contributed by atoms with Crippen molar-refractivity contribution in [2.45, 2.75) is 6.54 Å². The van der Waals surface area contributed by atoms with Crippen molar-refractivity contribution in [1.82, 2.24) is 19.2 Å². The predicted octanol–water partition coefficient (Wildman–Crippen LogP) is 2.26. The Balaban J connectivity index is 1.74. The van der Waals surface area contributed by atoms with Crippen molar-refractivity contribution in [3.05, 3.63) is 64.7 Å². The van der Waals surface area contributed by atoms with E-state index in [9.17, 15) is 4.79 Å². The summed E-state index contributed by atoms with van der Waals surface area (Å²) in [4.78, 5) is 26.1. The average molecular weight is 459 g/mol. The molecule has 3 aromatic heterocycles. The molecule has 5 aromatic rings. The first-order valence-electron chi connectivity index (χ1n) is 10.6. The molecule has 0 saturated carbocycles. The molecule has 3 heterocycles. The zero-order chi connectivity index (χ0) is 23.7. The van der Waals surface area contributed by atoms with E-state index in [4.69, 9.17) is 24.2 Å². The summed E-state index contributed by atoms with van der Waals surface area (Å²) >= 11 is 0. The Bertz CT molecular complexity index is 1600. The molecule has 34 heavy (non-hydrogen) atoms. The number of nitrogens with one attached hydrogen (secondary N) is 1. The highest BCUT2D eigenvalue weighted by Gasteiger charge is 2.24. The van der Waals surface area contributed by atoms with Crippen LogP contribution in [0.4, 0.5) is 0 Å². The summed E-state index contributed by atoms with van der Waals surface area (Å²) in [7, 11) is 4.76. The van der Waals surface area contributed by atoms with Gasteiger partial charge in [-0.05, 0) is 35.9 Å². The van der Waals surface area contributed by atoms with Crippen molar-refractivity contribution in [2.75, 3.05) is 27.9 Å². The number of aromatic amines is 1. The van der Waals surface area contributed by atoms with Gasteiger partial charge in [-0.15, -0.1) is 9.78 Å². The minimum absolute atomic E-state index is 0.194. The molecule has 0 saturated heterocycles. The van der Waals surface area contributed by atoms with E-state index in [-0.39, 0.29) is 5.56 Å². The first-order valence-corrected chi connectivity index (χ1v) is 10.6. The van der Waals surface area contributed by atoms with Crippen LogP contribution in [0.2, 0.25) is 0 Å². The molecule has 0 bridgehead atoms. The summed E-state index contributed by atoms with van der Waals surface area (Å²) in [6.07, 6.45) is 3.28. The van der Waals surface area contributed by atoms with Gasteiger partial charge in [-0.1, -0.05) is 12.1 Å². The number of benzene rings is 2. The Morgan fingerprint density at radius 3 is 2.53 bits per heavy atom. The Hall–Kier alpha value is -4.31. The van der Waals surface area contributed by atoms with E-state index >= 15 is 0 Å². The number of fused-ring (bicyclic) bond motifs is 4. The van der Waals surface area contributed by atoms with Crippen LogP contribution in [0.3, 0.4) is 0 Å². The van der Waals surface area contributed by atoms with Gasteiger partial charge in [0.15, 0.2) is 23.2 Å². The van der Waals surface area contributed by atoms with E-state index in [0.717, 1.165) is 5.56 Å². The molecule has 172 valence electrons. The third kappa shape index (κ3) is 3.63. The first-order chi connectivity index (χ1) is 16.6. The van der Waals surface area contributed by atoms with Crippen molar-refractivity contribution in [2.24, 2.45) is 5.10 Å². The molecule has 1 N–H and O–H groups in total. The maximum Gasteiger partial charge on any atom is 0.322 e. The van der Waals surface area contributed by atoms with Gasteiger partial charge in [0, 0.05) is 7.11 Å². The zero-order valence-corrected chi connectivity index (χ0v) is 19.0. The lowest BCUT2D eigenvalue weighted by Gasteiger charge is -2.07. The number of H-pyrrole nitrogens is 1. The first kappa shape index (κ1) is 21.5. The van der Waals surface area contributed by atoms with E-state index in [1.165, 1.54) is 0 Å². The van der Waals surface area contributed by atoms with Gasteiger partial charge < -0.3 is 14.2 Å². The third-order valence-electron chi connectivity index (χ3n) is 5.54. The van der Waals surface area contributed by atoms with Crippen LogP contribution in [-0.2, 0) is 11.3 Å². The van der Waals surface area contributed by atoms with Gasteiger partial charge in [-0.3, -0.25) is 0 Å². The quantitative estimate of drug-likeness (QED) is 0.346. The highest BCUT2D eigenvalue weighted by molar-refractivity contribution is 6.03. The summed E-state index contributed by atoms with van der Waals surface area (Å²) in [6, 6.07) is 13.0. The van der Waals surface area contributed by atoms with E-state index in [2.05, 4.69) is 10.1 Å². The molecule has 0 aliphatic rings. The Morgan fingerprint density at radius 1 is 1.03 bits per heavy atom. The van der Waals surface area contributed by atoms with Gasteiger partial charge in [-0.25, -0.2) is 24.3 Å². The summed E-state index contributed by atoms with van der Waals surface area (Å²) in [5.74, 6) is 1.21. The van der Waals surface area contributed by atoms with Crippen molar-refractivity contribution < 1.29 is 19.2 Å². The van der Waals surface area contributed by atoms with Gasteiger partial charge in [0.1, 0.15) is 5.52 Å². The lowest BCUT2D eigenvalue weighted by Crippen LogP contribution is -2.28. The van der Waals surface area contributed by atoms with E-state index < -0.39 is 0 Å². The second kappa shape index (κ2) is 8.91. The highest BCUT2D eigenvalue weighted by Crippen LogP contribution is 2.27. The second-order valence-corrected chi connectivity index (χ2v) is 7.54. The predicted molar refractivity (Wildman–Crippen MR) is 128 cm³/mol. The molecule has 0 fully saturated rings. The third-order valence-corrected chi connectivity index (χ3v) is 5.54. The van der Waals surface area contributed by atoms with E-state index in [1.54, 1.807) is 49.2 Å². The van der Waals surface area contributed by atoms with Crippen LogP contribution in [0.15, 0.2) is 58.7 Å². The van der Waals surface area contributed by atoms with Crippen molar-refractivity contribution in [1.29, 1.82) is 0 Å². The fraction of sp³-hybridized carbons (Fsp3) is 0.208. The molecule has 5 rings (SSSR count). The molecule has 0 unspecified atom stereocenters. The maximum absolute atomic E-state index is 13.4. The van der Waals surface area contributed by atoms with E-state index in [1.807, 2.05) is 36.4 Å². The zero-order valence-electron chi connectivity index (χ0n) is 19.0. The molecule has 10 heteroatoms. The highest BCUT2D eigenvalue weighted by atomic mass is 16.5. The van der Waals surface area contributed by atoms with Gasteiger partial charge >= 0.3 is 5.56 Å². The Morgan fingerprint density at radius 2 is 1.79 bits per heavy atom. The van der Waals surface area contributed by atoms with E-state index in [0.29, 0.717) is 57.9 Å². The minimum atomic E-state index is -0.194. The standard InChI is InChI=1S/C24H22N6O4/c1-32-11-10-29-14-25-22-20(24(29)31)21-23(28-17-7-5-4-6-16(17)27-21)30(22)26-13-15-8-9-18(33-2)19(12-15)34-3/h4-9,12-14H,10-11H2,1-3H3/p+1/b26-13+. The topological polar surface area (TPSA) is 107 Å². The monoisotopic (exact) mass is 459 g/mol. The van der Waals surface area contributed by atoms with Crippen LogP contribution in [0.1, 0.15) is 5.56 Å². The lowest BCUT2D eigenvalue weighted by atomic mass is 10.2. The number of nitrogens with zero attached hydrogens (tertiary/aromatic N) is 5. The van der Waals surface area contributed by atoms with Crippen LogP contribution in [-0.4, -0.2) is 53.4 Å². The average Bonchev–Trinajstić information content (AvgIpc) is 3.18. The molecule has 2 aromatic carbocycles.